The smallest absolute Gasteiger partial charge is 0.277 e. The van der Waals surface area contributed by atoms with E-state index in [1.54, 1.807) is 0 Å². The minimum atomic E-state index is -0.304. The van der Waals surface area contributed by atoms with Crippen LogP contribution in [0.4, 0.5) is 0 Å². The van der Waals surface area contributed by atoms with Gasteiger partial charge in [-0.05, 0) is 69.5 Å². The number of hydrogen-bond acceptors (Lipinski definition) is 5. The first-order valence-electron chi connectivity index (χ1n) is 8.54. The van der Waals surface area contributed by atoms with E-state index in [0.29, 0.717) is 11.1 Å². The summed E-state index contributed by atoms with van der Waals surface area (Å²) in [5.74, 6) is 0.545. The Balaban J connectivity index is 1.77. The van der Waals surface area contributed by atoms with Gasteiger partial charge in [-0.25, -0.2) is 0 Å². The van der Waals surface area contributed by atoms with Crippen molar-refractivity contribution in [1.82, 2.24) is 10.2 Å². The number of rotatable bonds is 5. The predicted molar refractivity (Wildman–Crippen MR) is 105 cm³/mol. The maximum Gasteiger partial charge on any atom is 0.277 e. The van der Waals surface area contributed by atoms with E-state index in [1.165, 1.54) is 17.3 Å². The van der Waals surface area contributed by atoms with Gasteiger partial charge >= 0.3 is 0 Å². The van der Waals surface area contributed by atoms with Crippen LogP contribution in [0.5, 0.6) is 0 Å². The Labute approximate surface area is 158 Å². The summed E-state index contributed by atoms with van der Waals surface area (Å²) in [5, 5.41) is 8.30. The van der Waals surface area contributed by atoms with E-state index >= 15 is 0 Å². The largest absolute Gasteiger partial charge is 0.411 e. The molecule has 0 aliphatic rings. The minimum absolute atomic E-state index is 0.0749. The second-order valence-corrected chi connectivity index (χ2v) is 7.91. The third-order valence-electron chi connectivity index (χ3n) is 4.42. The van der Waals surface area contributed by atoms with E-state index in [1.807, 2.05) is 58.0 Å². The number of nitrogens with zero attached hydrogens (tertiary/aromatic N) is 2. The molecular weight excluding hydrogens is 344 g/mol. The fourth-order valence-electron chi connectivity index (χ4n) is 2.80. The van der Waals surface area contributed by atoms with Crippen LogP contribution >= 0.6 is 11.8 Å². The monoisotopic (exact) mass is 366 g/mol. The molecule has 0 aliphatic carbocycles. The van der Waals surface area contributed by atoms with Crippen LogP contribution in [0.1, 0.15) is 39.5 Å². The van der Waals surface area contributed by atoms with E-state index in [4.69, 9.17) is 4.42 Å². The van der Waals surface area contributed by atoms with Crippen molar-refractivity contribution < 1.29 is 9.21 Å². The van der Waals surface area contributed by atoms with Crippen molar-refractivity contribution in [2.45, 2.75) is 45.1 Å². The lowest BCUT2D eigenvalue weighted by atomic mass is 9.97. The highest BCUT2D eigenvalue weighted by Crippen LogP contribution is 2.29. The van der Waals surface area contributed by atoms with Crippen molar-refractivity contribution in [3.63, 3.8) is 0 Å². The van der Waals surface area contributed by atoms with Crippen LogP contribution in [-0.4, -0.2) is 21.2 Å². The van der Waals surface area contributed by atoms with E-state index in [-0.39, 0.29) is 11.0 Å². The second kappa shape index (κ2) is 7.46. The fraction of sp³-hybridized carbons (Fsp3) is 0.286. The quantitative estimate of drug-likeness (QED) is 0.451. The number of aryl methyl sites for hydroxylation is 4. The van der Waals surface area contributed by atoms with Crippen molar-refractivity contribution in [1.29, 1.82) is 0 Å². The van der Waals surface area contributed by atoms with E-state index in [9.17, 15) is 4.79 Å². The van der Waals surface area contributed by atoms with Gasteiger partial charge in [-0.15, -0.1) is 10.2 Å². The molecule has 1 heterocycles. The number of hydrogen-bond donors (Lipinski definition) is 0. The minimum Gasteiger partial charge on any atom is -0.411 e. The number of ketones is 1. The zero-order valence-corrected chi connectivity index (χ0v) is 16.5. The Morgan fingerprint density at radius 3 is 2.46 bits per heavy atom. The molecule has 2 aromatic carbocycles. The Morgan fingerprint density at radius 2 is 1.73 bits per heavy atom. The molecule has 0 amide bonds. The van der Waals surface area contributed by atoms with Crippen LogP contribution in [0, 0.1) is 27.7 Å². The predicted octanol–water partition coefficient (Wildman–Crippen LogP) is 5.33. The van der Waals surface area contributed by atoms with E-state index < -0.39 is 0 Å². The number of Topliss-reactive ketones (excluding diaryl/α,β-unsaturated/α-hetero) is 1. The highest BCUT2D eigenvalue weighted by Gasteiger charge is 2.22. The summed E-state index contributed by atoms with van der Waals surface area (Å²) in [6.45, 7) is 9.94. The molecule has 0 saturated carbocycles. The van der Waals surface area contributed by atoms with Crippen molar-refractivity contribution in [3.05, 3.63) is 64.2 Å². The maximum atomic E-state index is 12.8. The van der Waals surface area contributed by atoms with Gasteiger partial charge < -0.3 is 4.42 Å². The summed E-state index contributed by atoms with van der Waals surface area (Å²) < 4.78 is 5.74. The van der Waals surface area contributed by atoms with Crippen LogP contribution in [0.3, 0.4) is 0 Å². The SMILES string of the molecule is Cc1cccc(-c2nnc(SC(C)C(=O)c3cc(C)c(C)cc3C)o2)c1. The van der Waals surface area contributed by atoms with Gasteiger partial charge in [-0.3, -0.25) is 4.79 Å². The molecule has 1 atom stereocenters. The number of benzene rings is 2. The Kier molecular flexibility index (Phi) is 5.28. The van der Waals surface area contributed by atoms with Gasteiger partial charge in [-0.2, -0.15) is 0 Å². The van der Waals surface area contributed by atoms with Crippen molar-refractivity contribution >= 4 is 17.5 Å². The Bertz CT molecular complexity index is 962. The van der Waals surface area contributed by atoms with Gasteiger partial charge in [0, 0.05) is 11.1 Å². The Hall–Kier alpha value is -2.40. The topological polar surface area (TPSA) is 56.0 Å². The third kappa shape index (κ3) is 3.88. The van der Waals surface area contributed by atoms with Crippen LogP contribution < -0.4 is 0 Å². The zero-order valence-electron chi connectivity index (χ0n) is 15.7. The standard InChI is InChI=1S/C21H22N2O2S/c1-12-7-6-8-17(9-12)20-22-23-21(25-20)26-16(5)19(24)18-11-14(3)13(2)10-15(18)4/h6-11,16H,1-5H3. The van der Waals surface area contributed by atoms with Gasteiger partial charge in [-0.1, -0.05) is 35.5 Å². The molecule has 26 heavy (non-hydrogen) atoms. The Morgan fingerprint density at radius 1 is 1.00 bits per heavy atom. The van der Waals surface area contributed by atoms with Gasteiger partial charge in [0.05, 0.1) is 5.25 Å². The molecule has 0 aliphatic heterocycles. The summed E-state index contributed by atoms with van der Waals surface area (Å²) in [6, 6.07) is 11.9. The molecule has 3 aromatic rings. The lowest BCUT2D eigenvalue weighted by Crippen LogP contribution is -2.15. The molecule has 134 valence electrons. The van der Waals surface area contributed by atoms with Gasteiger partial charge in [0.1, 0.15) is 0 Å². The average molecular weight is 366 g/mol. The van der Waals surface area contributed by atoms with Crippen LogP contribution in [0.25, 0.3) is 11.5 Å². The lowest BCUT2D eigenvalue weighted by molar-refractivity contribution is 0.0993. The van der Waals surface area contributed by atoms with Crippen LogP contribution in [0.15, 0.2) is 46.0 Å². The molecule has 0 saturated heterocycles. The maximum absolute atomic E-state index is 12.8. The van der Waals surface area contributed by atoms with Crippen molar-refractivity contribution in [3.8, 4) is 11.5 Å². The molecule has 0 spiro atoms. The highest BCUT2D eigenvalue weighted by molar-refractivity contribution is 8.00. The van der Waals surface area contributed by atoms with Gasteiger partial charge in [0.2, 0.25) is 5.89 Å². The number of carbonyl (C=O) groups excluding carboxylic acids is 1. The van der Waals surface area contributed by atoms with Crippen molar-refractivity contribution in [2.75, 3.05) is 0 Å². The second-order valence-electron chi connectivity index (χ2n) is 6.62. The van der Waals surface area contributed by atoms with Gasteiger partial charge in [0.25, 0.3) is 5.22 Å². The molecule has 0 bridgehead atoms. The fourth-order valence-corrected chi connectivity index (χ4v) is 3.55. The van der Waals surface area contributed by atoms with Gasteiger partial charge in [0.15, 0.2) is 5.78 Å². The van der Waals surface area contributed by atoms with Crippen LogP contribution in [0.2, 0.25) is 0 Å². The zero-order chi connectivity index (χ0) is 18.8. The summed E-state index contributed by atoms with van der Waals surface area (Å²) in [6.07, 6.45) is 0. The molecule has 0 radical (unpaired) electrons. The molecule has 0 fully saturated rings. The first kappa shape index (κ1) is 18.4. The highest BCUT2D eigenvalue weighted by atomic mass is 32.2. The third-order valence-corrected chi connectivity index (χ3v) is 5.36. The normalized spacial score (nSPS) is 12.2. The van der Waals surface area contributed by atoms with Crippen molar-refractivity contribution in [2.24, 2.45) is 0 Å². The lowest BCUT2D eigenvalue weighted by Gasteiger charge is -2.12. The number of carbonyl (C=O) groups is 1. The molecular formula is C21H22N2O2S. The molecule has 4 nitrogen and oxygen atoms in total. The molecule has 5 heteroatoms. The van der Waals surface area contributed by atoms with Crippen LogP contribution in [-0.2, 0) is 0 Å². The summed E-state index contributed by atoms with van der Waals surface area (Å²) >= 11 is 1.30. The molecule has 1 unspecified atom stereocenters. The first-order valence-corrected chi connectivity index (χ1v) is 9.42. The summed E-state index contributed by atoms with van der Waals surface area (Å²) in [5.41, 5.74) is 6.08. The van der Waals surface area contributed by atoms with E-state index in [0.717, 1.165) is 27.8 Å². The molecule has 0 N–H and O–H groups in total. The molecule has 3 rings (SSSR count). The van der Waals surface area contributed by atoms with E-state index in [2.05, 4.69) is 23.2 Å². The number of thioether (sulfide) groups is 1. The molecule has 1 aromatic heterocycles. The average Bonchev–Trinajstić information content (AvgIpc) is 3.06. The first-order chi connectivity index (χ1) is 12.3. The number of aromatic nitrogens is 2. The summed E-state index contributed by atoms with van der Waals surface area (Å²) in [7, 11) is 0. The summed E-state index contributed by atoms with van der Waals surface area (Å²) in [4.78, 5) is 12.8.